The van der Waals surface area contributed by atoms with Crippen LogP contribution in [0.1, 0.15) is 57.1 Å². The molecule has 2 aliphatic rings. The molecule has 0 bridgehead atoms. The Bertz CT molecular complexity index is 824. The van der Waals surface area contributed by atoms with Gasteiger partial charge in [0.15, 0.2) is 0 Å². The van der Waals surface area contributed by atoms with E-state index in [1.807, 2.05) is 19.2 Å². The van der Waals surface area contributed by atoms with Gasteiger partial charge >= 0.3 is 0 Å². The van der Waals surface area contributed by atoms with Crippen LogP contribution in [0.5, 0.6) is 0 Å². The number of fused-ring (bicyclic) bond motifs is 1. The van der Waals surface area contributed by atoms with Gasteiger partial charge in [-0.25, -0.2) is 0 Å². The SMILES string of the molecule is Cc1noc(C)c1CN1CCc2c(C(=O)NCC[C@@H]3CCCN3C)csc2C1. The van der Waals surface area contributed by atoms with Gasteiger partial charge in [0.2, 0.25) is 0 Å². The minimum Gasteiger partial charge on any atom is -0.361 e. The van der Waals surface area contributed by atoms with Gasteiger partial charge in [0.25, 0.3) is 5.91 Å². The van der Waals surface area contributed by atoms with E-state index >= 15 is 0 Å². The Morgan fingerprint density at radius 2 is 2.25 bits per heavy atom. The van der Waals surface area contributed by atoms with Crippen LogP contribution in [0.15, 0.2) is 9.90 Å². The lowest BCUT2D eigenvalue weighted by Crippen LogP contribution is -2.33. The molecule has 6 nitrogen and oxygen atoms in total. The molecule has 1 saturated heterocycles. The van der Waals surface area contributed by atoms with Crippen LogP contribution in [0.3, 0.4) is 0 Å². The molecule has 28 heavy (non-hydrogen) atoms. The van der Waals surface area contributed by atoms with E-state index in [1.165, 1.54) is 35.4 Å². The molecule has 1 fully saturated rings. The molecule has 2 aliphatic heterocycles. The zero-order chi connectivity index (χ0) is 19.7. The largest absolute Gasteiger partial charge is 0.361 e. The van der Waals surface area contributed by atoms with Gasteiger partial charge in [-0.05, 0) is 58.7 Å². The van der Waals surface area contributed by atoms with Gasteiger partial charge in [-0.1, -0.05) is 5.16 Å². The van der Waals surface area contributed by atoms with Crippen molar-refractivity contribution in [3.8, 4) is 0 Å². The first-order valence-electron chi connectivity index (χ1n) is 10.2. The van der Waals surface area contributed by atoms with Crippen LogP contribution < -0.4 is 5.32 Å². The predicted octanol–water partition coefficient (Wildman–Crippen LogP) is 3.13. The number of thiophene rings is 1. The second-order valence-corrected chi connectivity index (χ2v) is 9.10. The van der Waals surface area contributed by atoms with Crippen molar-refractivity contribution in [2.45, 2.75) is 58.7 Å². The van der Waals surface area contributed by atoms with Gasteiger partial charge < -0.3 is 14.7 Å². The molecule has 7 heteroatoms. The predicted molar refractivity (Wildman–Crippen MR) is 111 cm³/mol. The summed E-state index contributed by atoms with van der Waals surface area (Å²) in [6.07, 6.45) is 4.49. The van der Waals surface area contributed by atoms with Gasteiger partial charge in [0, 0.05) is 48.0 Å². The van der Waals surface area contributed by atoms with Crippen LogP contribution in [-0.2, 0) is 19.5 Å². The number of carbonyl (C=O) groups excluding carboxylic acids is 1. The molecule has 2 aromatic heterocycles. The molecule has 4 rings (SSSR count). The monoisotopic (exact) mass is 402 g/mol. The molecule has 1 N–H and O–H groups in total. The normalized spacial score (nSPS) is 20.5. The van der Waals surface area contributed by atoms with Crippen molar-refractivity contribution in [2.75, 3.05) is 26.7 Å². The number of carbonyl (C=O) groups is 1. The summed E-state index contributed by atoms with van der Waals surface area (Å²) in [4.78, 5) is 18.9. The van der Waals surface area contributed by atoms with Gasteiger partial charge in [-0.3, -0.25) is 9.69 Å². The Morgan fingerprint density at radius 1 is 1.39 bits per heavy atom. The number of nitrogens with one attached hydrogen (secondary N) is 1. The zero-order valence-corrected chi connectivity index (χ0v) is 17.9. The lowest BCUT2D eigenvalue weighted by atomic mass is 10.0. The highest BCUT2D eigenvalue weighted by Gasteiger charge is 2.26. The molecule has 0 unspecified atom stereocenters. The minimum absolute atomic E-state index is 0.0947. The fourth-order valence-electron chi connectivity index (χ4n) is 4.45. The molecule has 0 aromatic carbocycles. The maximum Gasteiger partial charge on any atom is 0.252 e. The highest BCUT2D eigenvalue weighted by Crippen LogP contribution is 2.30. The average Bonchev–Trinajstić information content (AvgIpc) is 3.37. The highest BCUT2D eigenvalue weighted by molar-refractivity contribution is 7.10. The number of aromatic nitrogens is 1. The number of rotatable bonds is 6. The molecule has 0 spiro atoms. The number of amides is 1. The van der Waals surface area contributed by atoms with Gasteiger partial charge in [0.1, 0.15) is 5.76 Å². The first-order chi connectivity index (χ1) is 13.5. The van der Waals surface area contributed by atoms with Gasteiger partial charge in [-0.15, -0.1) is 11.3 Å². The Hall–Kier alpha value is -1.70. The van der Waals surface area contributed by atoms with Crippen molar-refractivity contribution in [3.05, 3.63) is 38.4 Å². The molecule has 2 aromatic rings. The summed E-state index contributed by atoms with van der Waals surface area (Å²) >= 11 is 1.71. The topological polar surface area (TPSA) is 61.6 Å². The summed E-state index contributed by atoms with van der Waals surface area (Å²) in [7, 11) is 2.18. The minimum atomic E-state index is 0.0947. The van der Waals surface area contributed by atoms with E-state index in [1.54, 1.807) is 11.3 Å². The van der Waals surface area contributed by atoms with E-state index in [-0.39, 0.29) is 5.91 Å². The smallest absolute Gasteiger partial charge is 0.252 e. The first-order valence-corrected chi connectivity index (χ1v) is 11.1. The van der Waals surface area contributed by atoms with E-state index in [4.69, 9.17) is 4.52 Å². The summed E-state index contributed by atoms with van der Waals surface area (Å²) in [5, 5.41) is 9.25. The molecule has 0 aliphatic carbocycles. The Kier molecular flexibility index (Phi) is 5.85. The van der Waals surface area contributed by atoms with Crippen LogP contribution in [0.25, 0.3) is 0 Å². The standard InChI is InChI=1S/C21H30N4O2S/c1-14-18(15(2)27-23-14)11-25-10-7-17-19(13-28-20(17)12-25)21(26)22-8-6-16-5-4-9-24(16)3/h13,16H,4-12H2,1-3H3,(H,22,26)/t16-/m0/s1. The van der Waals surface area contributed by atoms with Crippen LogP contribution in [0.2, 0.25) is 0 Å². The summed E-state index contributed by atoms with van der Waals surface area (Å²) in [5.41, 5.74) is 4.30. The number of nitrogens with zero attached hydrogens (tertiary/aromatic N) is 3. The second-order valence-electron chi connectivity index (χ2n) is 8.14. The fraction of sp³-hybridized carbons (Fsp3) is 0.619. The lowest BCUT2D eigenvalue weighted by molar-refractivity contribution is 0.0949. The highest BCUT2D eigenvalue weighted by atomic mass is 32.1. The number of likely N-dealkylation sites (tertiary alicyclic amines) is 1. The Labute approximate surface area is 170 Å². The summed E-state index contributed by atoms with van der Waals surface area (Å²) < 4.78 is 5.29. The Morgan fingerprint density at radius 3 is 2.96 bits per heavy atom. The summed E-state index contributed by atoms with van der Waals surface area (Å²) in [5.74, 6) is 1.000. The maximum atomic E-state index is 12.7. The van der Waals surface area contributed by atoms with Crippen LogP contribution in [0.4, 0.5) is 0 Å². The quantitative estimate of drug-likeness (QED) is 0.804. The van der Waals surface area contributed by atoms with Gasteiger partial charge in [0.05, 0.1) is 11.3 Å². The van der Waals surface area contributed by atoms with Crippen molar-refractivity contribution in [3.63, 3.8) is 0 Å². The van der Waals surface area contributed by atoms with Gasteiger partial charge in [-0.2, -0.15) is 0 Å². The van der Waals surface area contributed by atoms with Crippen molar-refractivity contribution in [1.29, 1.82) is 0 Å². The molecular formula is C21H30N4O2S. The van der Waals surface area contributed by atoms with E-state index in [0.717, 1.165) is 56.0 Å². The average molecular weight is 403 g/mol. The number of hydrogen-bond donors (Lipinski definition) is 1. The fourth-order valence-corrected chi connectivity index (χ4v) is 5.57. The Balaban J connectivity index is 1.33. The van der Waals surface area contributed by atoms with E-state index in [0.29, 0.717) is 6.04 Å². The summed E-state index contributed by atoms with van der Waals surface area (Å²) in [6, 6.07) is 0.620. The molecular weight excluding hydrogens is 372 g/mol. The first kappa shape index (κ1) is 19.6. The van der Waals surface area contributed by atoms with Crippen molar-refractivity contribution >= 4 is 17.2 Å². The van der Waals surface area contributed by atoms with Crippen molar-refractivity contribution < 1.29 is 9.32 Å². The van der Waals surface area contributed by atoms with Crippen molar-refractivity contribution in [2.24, 2.45) is 0 Å². The maximum absolute atomic E-state index is 12.7. The molecule has 152 valence electrons. The third kappa shape index (κ3) is 4.02. The molecule has 0 radical (unpaired) electrons. The van der Waals surface area contributed by atoms with E-state index in [9.17, 15) is 4.79 Å². The number of aryl methyl sites for hydroxylation is 2. The molecule has 1 amide bonds. The lowest BCUT2D eigenvalue weighted by Gasteiger charge is -2.27. The van der Waals surface area contributed by atoms with E-state index < -0.39 is 0 Å². The van der Waals surface area contributed by atoms with Crippen LogP contribution in [-0.4, -0.2) is 53.6 Å². The molecule has 1 atom stereocenters. The third-order valence-electron chi connectivity index (χ3n) is 6.27. The number of hydrogen-bond acceptors (Lipinski definition) is 6. The summed E-state index contributed by atoms with van der Waals surface area (Å²) in [6.45, 7) is 8.62. The van der Waals surface area contributed by atoms with Crippen LogP contribution in [0, 0.1) is 13.8 Å². The van der Waals surface area contributed by atoms with Crippen molar-refractivity contribution in [1.82, 2.24) is 20.3 Å². The molecule has 0 saturated carbocycles. The third-order valence-corrected chi connectivity index (χ3v) is 7.28. The van der Waals surface area contributed by atoms with E-state index in [2.05, 4.69) is 27.3 Å². The van der Waals surface area contributed by atoms with Crippen LogP contribution >= 0.6 is 11.3 Å². The zero-order valence-electron chi connectivity index (χ0n) is 17.1. The molecule has 4 heterocycles. The second kappa shape index (κ2) is 8.35.